The van der Waals surface area contributed by atoms with Crippen LogP contribution in [0.3, 0.4) is 0 Å². The Morgan fingerprint density at radius 2 is 1.47 bits per heavy atom. The highest BCUT2D eigenvalue weighted by Gasteiger charge is 2.19. The van der Waals surface area contributed by atoms with Crippen LogP contribution in [-0.4, -0.2) is 19.1 Å². The molecule has 1 atom stereocenters. The van der Waals surface area contributed by atoms with Crippen molar-refractivity contribution in [3.63, 3.8) is 0 Å². The summed E-state index contributed by atoms with van der Waals surface area (Å²) in [4.78, 5) is 2.41. The molecule has 19 heavy (non-hydrogen) atoms. The number of hydrogen-bond donors (Lipinski definition) is 1. The SMILES string of the molecule is c1ccc(N(C[C@@H]2CCCN2)c2ccccc2)cc1. The molecule has 2 heteroatoms. The molecule has 0 aliphatic carbocycles. The van der Waals surface area contributed by atoms with Gasteiger partial charge in [-0.3, -0.25) is 0 Å². The summed E-state index contributed by atoms with van der Waals surface area (Å²) in [5.41, 5.74) is 2.53. The van der Waals surface area contributed by atoms with Crippen LogP contribution in [0.1, 0.15) is 12.8 Å². The molecule has 0 amide bonds. The predicted octanol–water partition coefficient (Wildman–Crippen LogP) is 3.58. The zero-order chi connectivity index (χ0) is 12.9. The van der Waals surface area contributed by atoms with Crippen molar-refractivity contribution >= 4 is 11.4 Å². The number of anilines is 2. The fourth-order valence-electron chi connectivity index (χ4n) is 2.71. The number of nitrogens with one attached hydrogen (secondary N) is 1. The van der Waals surface area contributed by atoms with Crippen molar-refractivity contribution in [1.82, 2.24) is 5.32 Å². The maximum Gasteiger partial charge on any atom is 0.0411 e. The molecule has 2 aromatic carbocycles. The topological polar surface area (TPSA) is 15.3 Å². The number of benzene rings is 2. The second-order valence-electron chi connectivity index (χ2n) is 5.07. The van der Waals surface area contributed by atoms with Gasteiger partial charge in [0, 0.05) is 24.0 Å². The molecule has 0 unspecified atom stereocenters. The normalized spacial score (nSPS) is 18.4. The van der Waals surface area contributed by atoms with Crippen molar-refractivity contribution in [3.05, 3.63) is 60.7 Å². The van der Waals surface area contributed by atoms with Crippen LogP contribution in [-0.2, 0) is 0 Å². The molecular formula is C17H20N2. The molecule has 0 aromatic heterocycles. The smallest absolute Gasteiger partial charge is 0.0411 e. The summed E-state index contributed by atoms with van der Waals surface area (Å²) in [5.74, 6) is 0. The molecular weight excluding hydrogens is 232 g/mol. The largest absolute Gasteiger partial charge is 0.340 e. The highest BCUT2D eigenvalue weighted by molar-refractivity contribution is 5.63. The molecule has 2 aromatic rings. The molecule has 3 rings (SSSR count). The summed E-state index contributed by atoms with van der Waals surface area (Å²) in [7, 11) is 0. The number of para-hydroxylation sites is 2. The lowest BCUT2D eigenvalue weighted by molar-refractivity contribution is 0.609. The van der Waals surface area contributed by atoms with Crippen LogP contribution in [0.4, 0.5) is 11.4 Å². The second kappa shape index (κ2) is 5.89. The van der Waals surface area contributed by atoms with Gasteiger partial charge in [0.15, 0.2) is 0 Å². The van der Waals surface area contributed by atoms with Crippen LogP contribution in [0.15, 0.2) is 60.7 Å². The summed E-state index contributed by atoms with van der Waals surface area (Å²) < 4.78 is 0. The molecule has 0 spiro atoms. The van der Waals surface area contributed by atoms with E-state index in [1.165, 1.54) is 24.2 Å². The number of hydrogen-bond acceptors (Lipinski definition) is 2. The lowest BCUT2D eigenvalue weighted by Gasteiger charge is -2.28. The molecule has 0 radical (unpaired) electrons. The quantitative estimate of drug-likeness (QED) is 0.894. The van der Waals surface area contributed by atoms with Gasteiger partial charge in [0.1, 0.15) is 0 Å². The van der Waals surface area contributed by atoms with E-state index in [-0.39, 0.29) is 0 Å². The van der Waals surface area contributed by atoms with Gasteiger partial charge in [0.05, 0.1) is 0 Å². The molecule has 2 nitrogen and oxygen atoms in total. The first kappa shape index (κ1) is 12.2. The molecule has 1 aliphatic heterocycles. The molecule has 1 N–H and O–H groups in total. The highest BCUT2D eigenvalue weighted by Crippen LogP contribution is 2.26. The predicted molar refractivity (Wildman–Crippen MR) is 80.9 cm³/mol. The van der Waals surface area contributed by atoms with Gasteiger partial charge in [-0.1, -0.05) is 36.4 Å². The van der Waals surface area contributed by atoms with Gasteiger partial charge in [-0.2, -0.15) is 0 Å². The van der Waals surface area contributed by atoms with E-state index in [0.717, 1.165) is 13.1 Å². The van der Waals surface area contributed by atoms with Crippen molar-refractivity contribution in [1.29, 1.82) is 0 Å². The van der Waals surface area contributed by atoms with E-state index < -0.39 is 0 Å². The Hall–Kier alpha value is -1.80. The highest BCUT2D eigenvalue weighted by atomic mass is 15.2. The van der Waals surface area contributed by atoms with Crippen LogP contribution in [0, 0.1) is 0 Å². The summed E-state index contributed by atoms with van der Waals surface area (Å²) in [6, 6.07) is 21.9. The van der Waals surface area contributed by atoms with Crippen molar-refractivity contribution < 1.29 is 0 Å². The number of nitrogens with zero attached hydrogens (tertiary/aromatic N) is 1. The minimum absolute atomic E-state index is 0.598. The van der Waals surface area contributed by atoms with Gasteiger partial charge in [-0.25, -0.2) is 0 Å². The molecule has 0 bridgehead atoms. The Kier molecular flexibility index (Phi) is 3.80. The average molecular weight is 252 g/mol. The van der Waals surface area contributed by atoms with Crippen LogP contribution in [0.25, 0.3) is 0 Å². The third-order valence-electron chi connectivity index (χ3n) is 3.70. The van der Waals surface area contributed by atoms with Gasteiger partial charge in [0.25, 0.3) is 0 Å². The Labute approximate surface area is 115 Å². The summed E-state index contributed by atoms with van der Waals surface area (Å²) in [6.07, 6.45) is 2.57. The van der Waals surface area contributed by atoms with Crippen LogP contribution in [0.5, 0.6) is 0 Å². The fraction of sp³-hybridized carbons (Fsp3) is 0.294. The molecule has 1 heterocycles. The lowest BCUT2D eigenvalue weighted by atomic mass is 10.1. The Morgan fingerprint density at radius 1 is 0.895 bits per heavy atom. The summed E-state index contributed by atoms with van der Waals surface area (Å²) in [6.45, 7) is 2.19. The first-order valence-electron chi connectivity index (χ1n) is 7.04. The minimum Gasteiger partial charge on any atom is -0.340 e. The van der Waals surface area contributed by atoms with Gasteiger partial charge in [-0.15, -0.1) is 0 Å². The molecule has 1 aliphatic rings. The molecule has 0 saturated carbocycles. The summed E-state index contributed by atoms with van der Waals surface area (Å²) in [5, 5.41) is 3.58. The zero-order valence-corrected chi connectivity index (χ0v) is 11.1. The van der Waals surface area contributed by atoms with Gasteiger partial charge >= 0.3 is 0 Å². The van der Waals surface area contributed by atoms with Crippen molar-refractivity contribution in [3.8, 4) is 0 Å². The van der Waals surface area contributed by atoms with Crippen LogP contribution in [0.2, 0.25) is 0 Å². The van der Waals surface area contributed by atoms with Crippen molar-refractivity contribution in [2.45, 2.75) is 18.9 Å². The van der Waals surface area contributed by atoms with E-state index in [2.05, 4.69) is 70.9 Å². The monoisotopic (exact) mass is 252 g/mol. The van der Waals surface area contributed by atoms with Crippen molar-refractivity contribution in [2.75, 3.05) is 18.0 Å². The fourth-order valence-corrected chi connectivity index (χ4v) is 2.71. The number of rotatable bonds is 4. The van der Waals surface area contributed by atoms with E-state index in [1.54, 1.807) is 0 Å². The second-order valence-corrected chi connectivity index (χ2v) is 5.07. The molecule has 1 fully saturated rings. The van der Waals surface area contributed by atoms with Gasteiger partial charge in [0.2, 0.25) is 0 Å². The zero-order valence-electron chi connectivity index (χ0n) is 11.1. The Balaban J connectivity index is 1.87. The van der Waals surface area contributed by atoms with Crippen LogP contribution >= 0.6 is 0 Å². The van der Waals surface area contributed by atoms with E-state index in [1.807, 2.05) is 0 Å². The maximum atomic E-state index is 3.58. The Bertz CT molecular complexity index is 450. The lowest BCUT2D eigenvalue weighted by Crippen LogP contribution is -2.34. The van der Waals surface area contributed by atoms with Crippen LogP contribution < -0.4 is 10.2 Å². The van der Waals surface area contributed by atoms with Crippen molar-refractivity contribution in [2.24, 2.45) is 0 Å². The standard InChI is InChI=1S/C17H20N2/c1-3-9-16(10-4-1)19(14-15-8-7-13-18-15)17-11-5-2-6-12-17/h1-6,9-12,15,18H,7-8,13-14H2/t15-/m0/s1. The third-order valence-corrected chi connectivity index (χ3v) is 3.70. The molecule has 98 valence electrons. The first-order valence-corrected chi connectivity index (χ1v) is 7.04. The third kappa shape index (κ3) is 2.96. The van der Waals surface area contributed by atoms with E-state index in [9.17, 15) is 0 Å². The van der Waals surface area contributed by atoms with E-state index in [4.69, 9.17) is 0 Å². The maximum absolute atomic E-state index is 3.58. The molecule has 1 saturated heterocycles. The minimum atomic E-state index is 0.598. The van der Waals surface area contributed by atoms with Gasteiger partial charge in [-0.05, 0) is 43.7 Å². The average Bonchev–Trinajstić information content (AvgIpc) is 3.00. The Morgan fingerprint density at radius 3 is 1.95 bits per heavy atom. The first-order chi connectivity index (χ1) is 9.43. The van der Waals surface area contributed by atoms with E-state index >= 15 is 0 Å². The van der Waals surface area contributed by atoms with Gasteiger partial charge < -0.3 is 10.2 Å². The summed E-state index contributed by atoms with van der Waals surface area (Å²) >= 11 is 0. The van der Waals surface area contributed by atoms with E-state index in [0.29, 0.717) is 6.04 Å².